The Labute approximate surface area is 343 Å². The summed E-state index contributed by atoms with van der Waals surface area (Å²) in [7, 11) is 0. The molecule has 0 unspecified atom stereocenters. The summed E-state index contributed by atoms with van der Waals surface area (Å²) >= 11 is 0. The Morgan fingerprint density at radius 2 is 1.07 bits per heavy atom. The Kier molecular flexibility index (Phi) is 7.31. The van der Waals surface area contributed by atoms with E-state index in [2.05, 4.69) is 219 Å². The second-order valence-electron chi connectivity index (χ2n) is 16.5. The van der Waals surface area contributed by atoms with Crippen LogP contribution in [0.15, 0.2) is 205 Å². The van der Waals surface area contributed by atoms with Crippen molar-refractivity contribution in [1.29, 1.82) is 0 Å². The van der Waals surface area contributed by atoms with Gasteiger partial charge in [0.05, 0.1) is 5.69 Å². The molecule has 2 nitrogen and oxygen atoms in total. The van der Waals surface area contributed by atoms with Gasteiger partial charge in [-0.05, 0) is 126 Å². The van der Waals surface area contributed by atoms with E-state index in [9.17, 15) is 0 Å². The molecular formula is C57H39NO. The molecule has 10 aromatic carbocycles. The van der Waals surface area contributed by atoms with Crippen molar-refractivity contribution in [3.8, 4) is 33.4 Å². The number of hydrogen-bond donors (Lipinski definition) is 0. The van der Waals surface area contributed by atoms with E-state index >= 15 is 0 Å². The van der Waals surface area contributed by atoms with Crippen LogP contribution in [-0.2, 0) is 5.41 Å². The Bertz CT molecular complexity index is 3500. The van der Waals surface area contributed by atoms with Gasteiger partial charge in [-0.2, -0.15) is 0 Å². The van der Waals surface area contributed by atoms with E-state index in [1.165, 1.54) is 71.3 Å². The normalized spacial score (nSPS) is 13.1. The third-order valence-corrected chi connectivity index (χ3v) is 12.8. The second kappa shape index (κ2) is 12.8. The molecule has 1 aliphatic rings. The molecular weight excluding hydrogens is 715 g/mol. The molecule has 0 bridgehead atoms. The van der Waals surface area contributed by atoms with Crippen LogP contribution in [0.3, 0.4) is 0 Å². The fraction of sp³-hybridized carbons (Fsp3) is 0.0526. The molecule has 12 rings (SSSR count). The van der Waals surface area contributed by atoms with Crippen molar-refractivity contribution in [3.63, 3.8) is 0 Å². The molecule has 0 aliphatic heterocycles. The van der Waals surface area contributed by atoms with Gasteiger partial charge in [-0.15, -0.1) is 0 Å². The number of furan rings is 1. The largest absolute Gasteiger partial charge is 0.456 e. The summed E-state index contributed by atoms with van der Waals surface area (Å²) in [6.07, 6.45) is 0. The Balaban J connectivity index is 1.18. The molecule has 0 spiro atoms. The van der Waals surface area contributed by atoms with Crippen molar-refractivity contribution >= 4 is 71.3 Å². The number of rotatable bonds is 5. The third kappa shape index (κ3) is 5.13. The zero-order chi connectivity index (χ0) is 39.2. The van der Waals surface area contributed by atoms with E-state index in [1.54, 1.807) is 0 Å². The number of fused-ring (bicyclic) bond motifs is 10. The molecule has 0 saturated carbocycles. The zero-order valence-corrected chi connectivity index (χ0v) is 32.9. The third-order valence-electron chi connectivity index (χ3n) is 12.8. The second-order valence-corrected chi connectivity index (χ2v) is 16.5. The van der Waals surface area contributed by atoms with Crippen LogP contribution in [0.1, 0.15) is 25.0 Å². The van der Waals surface area contributed by atoms with Crippen molar-refractivity contribution < 1.29 is 4.42 Å². The predicted octanol–water partition coefficient (Wildman–Crippen LogP) is 16.2. The molecule has 1 heterocycles. The summed E-state index contributed by atoms with van der Waals surface area (Å²) in [5.74, 6) is 0. The monoisotopic (exact) mass is 753 g/mol. The maximum absolute atomic E-state index is 6.68. The fourth-order valence-corrected chi connectivity index (χ4v) is 9.98. The van der Waals surface area contributed by atoms with E-state index in [-0.39, 0.29) is 5.41 Å². The quantitative estimate of drug-likeness (QED) is 0.163. The van der Waals surface area contributed by atoms with E-state index in [4.69, 9.17) is 4.42 Å². The highest BCUT2D eigenvalue weighted by Crippen LogP contribution is 2.53. The smallest absolute Gasteiger partial charge is 0.136 e. The molecule has 1 aromatic heterocycles. The molecule has 59 heavy (non-hydrogen) atoms. The summed E-state index contributed by atoms with van der Waals surface area (Å²) < 4.78 is 6.68. The highest BCUT2D eigenvalue weighted by Gasteiger charge is 2.36. The molecule has 2 heteroatoms. The number of anilines is 3. The fourth-order valence-electron chi connectivity index (χ4n) is 9.98. The molecule has 0 saturated heterocycles. The summed E-state index contributed by atoms with van der Waals surface area (Å²) in [5, 5.41) is 9.59. The first-order valence-corrected chi connectivity index (χ1v) is 20.5. The van der Waals surface area contributed by atoms with Crippen molar-refractivity contribution in [2.24, 2.45) is 0 Å². The lowest BCUT2D eigenvalue weighted by molar-refractivity contribution is 0.660. The molecule has 0 N–H and O–H groups in total. The van der Waals surface area contributed by atoms with E-state index in [0.29, 0.717) is 0 Å². The molecule has 1 aliphatic carbocycles. The van der Waals surface area contributed by atoms with Crippen molar-refractivity contribution in [2.75, 3.05) is 4.90 Å². The maximum Gasteiger partial charge on any atom is 0.136 e. The highest BCUT2D eigenvalue weighted by molar-refractivity contribution is 6.22. The Morgan fingerprint density at radius 1 is 0.390 bits per heavy atom. The first kappa shape index (κ1) is 33.7. The van der Waals surface area contributed by atoms with E-state index < -0.39 is 0 Å². The van der Waals surface area contributed by atoms with Crippen molar-refractivity contribution in [3.05, 3.63) is 211 Å². The summed E-state index contributed by atoms with van der Waals surface area (Å²) in [6, 6.07) is 73.4. The van der Waals surface area contributed by atoms with Gasteiger partial charge in [0, 0.05) is 33.1 Å². The van der Waals surface area contributed by atoms with Gasteiger partial charge in [-0.1, -0.05) is 159 Å². The predicted molar refractivity (Wildman–Crippen MR) is 249 cm³/mol. The summed E-state index contributed by atoms with van der Waals surface area (Å²) in [5.41, 5.74) is 14.9. The standard InChI is InChI=1S/C57H39NO/c1-57(2)50-24-11-9-22-46(50)47-29-28-42(35-51(47)57)58(41-18-13-17-38(33-41)39-27-26-36-14-3-4-15-37(36)32-39)52-30-31-54-56(48-23-10-12-25-53(48)59-54)55(52)49-34-40-16-5-6-19-43(40)44-20-7-8-21-45(44)49/h3-35H,1-2H3. The molecule has 0 atom stereocenters. The number of benzene rings is 10. The van der Waals surface area contributed by atoms with Crippen LogP contribution in [0.5, 0.6) is 0 Å². The average molecular weight is 754 g/mol. The molecule has 278 valence electrons. The number of nitrogens with zero attached hydrogens (tertiary/aromatic N) is 1. The molecule has 0 radical (unpaired) electrons. The van der Waals surface area contributed by atoms with E-state index in [0.717, 1.165) is 44.6 Å². The first-order chi connectivity index (χ1) is 29.0. The number of para-hydroxylation sites is 1. The van der Waals surface area contributed by atoms with Crippen molar-refractivity contribution in [1.82, 2.24) is 0 Å². The number of hydrogen-bond acceptors (Lipinski definition) is 2. The maximum atomic E-state index is 6.68. The summed E-state index contributed by atoms with van der Waals surface area (Å²) in [4.78, 5) is 2.49. The van der Waals surface area contributed by atoms with Crippen molar-refractivity contribution in [2.45, 2.75) is 19.3 Å². The van der Waals surface area contributed by atoms with Crippen LogP contribution in [-0.4, -0.2) is 0 Å². The lowest BCUT2D eigenvalue weighted by Crippen LogP contribution is -2.17. The minimum atomic E-state index is -0.164. The van der Waals surface area contributed by atoms with Crippen LogP contribution < -0.4 is 4.90 Å². The molecule has 0 amide bonds. The van der Waals surface area contributed by atoms with Gasteiger partial charge in [0.2, 0.25) is 0 Å². The van der Waals surface area contributed by atoms with Crippen LogP contribution in [0.4, 0.5) is 17.1 Å². The zero-order valence-electron chi connectivity index (χ0n) is 32.9. The van der Waals surface area contributed by atoms with E-state index in [1.807, 2.05) is 0 Å². The van der Waals surface area contributed by atoms with Gasteiger partial charge in [-0.3, -0.25) is 0 Å². The van der Waals surface area contributed by atoms with Gasteiger partial charge < -0.3 is 9.32 Å². The van der Waals surface area contributed by atoms with Crippen LogP contribution in [0.25, 0.3) is 87.6 Å². The lowest BCUT2D eigenvalue weighted by atomic mass is 9.82. The van der Waals surface area contributed by atoms with Crippen LogP contribution in [0, 0.1) is 0 Å². The van der Waals surface area contributed by atoms with Crippen LogP contribution >= 0.6 is 0 Å². The molecule has 0 fully saturated rings. The first-order valence-electron chi connectivity index (χ1n) is 20.5. The van der Waals surface area contributed by atoms with Gasteiger partial charge in [-0.25, -0.2) is 0 Å². The summed E-state index contributed by atoms with van der Waals surface area (Å²) in [6.45, 7) is 4.73. The SMILES string of the molecule is CC1(C)c2ccccc2-c2ccc(N(c3cccc(-c4ccc5ccccc5c4)c3)c3ccc4oc5ccccc5c4c3-c3cc4ccccc4c4ccccc34)cc21. The highest BCUT2D eigenvalue weighted by atomic mass is 16.3. The minimum absolute atomic E-state index is 0.164. The van der Waals surface area contributed by atoms with Gasteiger partial charge >= 0.3 is 0 Å². The van der Waals surface area contributed by atoms with Gasteiger partial charge in [0.15, 0.2) is 0 Å². The Morgan fingerprint density at radius 3 is 1.95 bits per heavy atom. The average Bonchev–Trinajstić information content (AvgIpc) is 3.78. The Hall–Kier alpha value is -7.42. The van der Waals surface area contributed by atoms with Gasteiger partial charge in [0.25, 0.3) is 0 Å². The van der Waals surface area contributed by atoms with Gasteiger partial charge in [0.1, 0.15) is 11.2 Å². The van der Waals surface area contributed by atoms with Crippen LogP contribution in [0.2, 0.25) is 0 Å². The minimum Gasteiger partial charge on any atom is -0.456 e. The topological polar surface area (TPSA) is 16.4 Å². The lowest BCUT2D eigenvalue weighted by Gasteiger charge is -2.30. The molecule has 11 aromatic rings.